The fourth-order valence-corrected chi connectivity index (χ4v) is 5.28. The van der Waals surface area contributed by atoms with Crippen molar-refractivity contribution in [3.05, 3.63) is 95.9 Å². The Bertz CT molecular complexity index is 1280. The highest BCUT2D eigenvalue weighted by molar-refractivity contribution is 7.98. The summed E-state index contributed by atoms with van der Waals surface area (Å²) in [6.45, 7) is 4.31. The second-order valence-corrected chi connectivity index (χ2v) is 10.2. The molecule has 1 amide bonds. The molecule has 4 aromatic rings. The summed E-state index contributed by atoms with van der Waals surface area (Å²) in [5.74, 6) is 2.26. The van der Waals surface area contributed by atoms with Gasteiger partial charge in [-0.3, -0.25) is 9.69 Å². The largest absolute Gasteiger partial charge is 0.338 e. The molecule has 1 N–H and O–H groups in total. The molecule has 1 saturated heterocycles. The predicted molar refractivity (Wildman–Crippen MR) is 144 cm³/mol. The molecule has 1 aliphatic heterocycles. The van der Waals surface area contributed by atoms with E-state index in [1.165, 1.54) is 10.5 Å². The number of nitrogens with one attached hydrogen (secondary N) is 1. The van der Waals surface area contributed by atoms with Crippen LogP contribution in [0.5, 0.6) is 0 Å². The van der Waals surface area contributed by atoms with E-state index in [0.717, 1.165) is 48.5 Å². The first-order valence-electron chi connectivity index (χ1n) is 12.3. The molecule has 1 aromatic heterocycles. The summed E-state index contributed by atoms with van der Waals surface area (Å²) in [5.41, 5.74) is 4.20. The molecule has 0 aliphatic carbocycles. The molecule has 6 nitrogen and oxygen atoms in total. The highest BCUT2D eigenvalue weighted by Gasteiger charge is 2.26. The lowest BCUT2D eigenvalue weighted by Gasteiger charge is -2.30. The highest BCUT2D eigenvalue weighted by atomic mass is 32.2. The van der Waals surface area contributed by atoms with Crippen molar-refractivity contribution in [2.24, 2.45) is 5.92 Å². The maximum absolute atomic E-state index is 12.8. The van der Waals surface area contributed by atoms with Gasteiger partial charge in [0.15, 0.2) is 0 Å². The highest BCUT2D eigenvalue weighted by Crippen LogP contribution is 2.25. The van der Waals surface area contributed by atoms with Gasteiger partial charge in [0.2, 0.25) is 17.6 Å². The number of likely N-dealkylation sites (tertiary alicyclic amines) is 1. The van der Waals surface area contributed by atoms with E-state index in [1.807, 2.05) is 61.2 Å². The fourth-order valence-electron chi connectivity index (χ4n) is 4.41. The zero-order valence-corrected chi connectivity index (χ0v) is 21.2. The molecule has 3 aromatic carbocycles. The van der Waals surface area contributed by atoms with Crippen molar-refractivity contribution in [2.45, 2.75) is 37.0 Å². The van der Waals surface area contributed by atoms with Crippen LogP contribution in [0.2, 0.25) is 0 Å². The summed E-state index contributed by atoms with van der Waals surface area (Å²) in [5, 5.41) is 7.26. The molecule has 7 heteroatoms. The summed E-state index contributed by atoms with van der Waals surface area (Å²) in [4.78, 5) is 21.0. The number of benzene rings is 3. The molecule has 1 fully saturated rings. The number of carbonyl (C=O) groups excluding carboxylic acids is 1. The maximum Gasteiger partial charge on any atom is 0.241 e. The van der Waals surface area contributed by atoms with Gasteiger partial charge in [-0.2, -0.15) is 4.98 Å². The number of piperidine rings is 1. The van der Waals surface area contributed by atoms with Crippen LogP contribution in [-0.4, -0.2) is 34.0 Å². The maximum atomic E-state index is 12.8. The zero-order chi connectivity index (χ0) is 24.7. The van der Waals surface area contributed by atoms with Gasteiger partial charge in [-0.1, -0.05) is 59.8 Å². The van der Waals surface area contributed by atoms with Gasteiger partial charge < -0.3 is 9.84 Å². The van der Waals surface area contributed by atoms with Crippen LogP contribution in [0.1, 0.15) is 29.9 Å². The molecule has 184 valence electrons. The molecule has 5 rings (SSSR count). The molecule has 36 heavy (non-hydrogen) atoms. The van der Waals surface area contributed by atoms with Crippen molar-refractivity contribution in [1.82, 2.24) is 15.0 Å². The summed E-state index contributed by atoms with van der Waals surface area (Å²) < 4.78 is 5.50. The van der Waals surface area contributed by atoms with Gasteiger partial charge in [0.1, 0.15) is 0 Å². The summed E-state index contributed by atoms with van der Waals surface area (Å²) in [7, 11) is 0. The van der Waals surface area contributed by atoms with E-state index >= 15 is 0 Å². The molecular weight excluding hydrogens is 468 g/mol. The molecule has 0 spiro atoms. The molecule has 0 saturated carbocycles. The topological polar surface area (TPSA) is 71.3 Å². The van der Waals surface area contributed by atoms with Crippen LogP contribution in [0.3, 0.4) is 0 Å². The Kier molecular flexibility index (Phi) is 7.79. The van der Waals surface area contributed by atoms with Crippen molar-refractivity contribution in [2.75, 3.05) is 18.4 Å². The second-order valence-electron chi connectivity index (χ2n) is 9.16. The average Bonchev–Trinajstić information content (AvgIpc) is 3.37. The Morgan fingerprint density at radius 1 is 1.00 bits per heavy atom. The molecule has 1 aliphatic rings. The minimum Gasteiger partial charge on any atom is -0.338 e. The van der Waals surface area contributed by atoms with Crippen LogP contribution in [0.15, 0.2) is 88.3 Å². The van der Waals surface area contributed by atoms with Gasteiger partial charge >= 0.3 is 0 Å². The quantitative estimate of drug-likeness (QED) is 0.292. The van der Waals surface area contributed by atoms with Crippen LogP contribution in [-0.2, 0) is 17.1 Å². The Balaban J connectivity index is 1.07. The van der Waals surface area contributed by atoms with E-state index in [0.29, 0.717) is 18.3 Å². The third kappa shape index (κ3) is 6.22. The lowest BCUT2D eigenvalue weighted by Crippen LogP contribution is -2.37. The van der Waals surface area contributed by atoms with Gasteiger partial charge in [-0.05, 0) is 68.2 Å². The van der Waals surface area contributed by atoms with E-state index in [9.17, 15) is 4.79 Å². The molecule has 0 unspecified atom stereocenters. The number of rotatable bonds is 8. The minimum atomic E-state index is 0.0137. The van der Waals surface area contributed by atoms with Crippen LogP contribution in [0, 0.1) is 12.8 Å². The minimum absolute atomic E-state index is 0.0137. The summed E-state index contributed by atoms with van der Waals surface area (Å²) in [6.07, 6.45) is 1.63. The van der Waals surface area contributed by atoms with Crippen molar-refractivity contribution in [3.63, 3.8) is 0 Å². The smallest absolute Gasteiger partial charge is 0.241 e. The number of hydrogen-bond acceptors (Lipinski definition) is 6. The first kappa shape index (κ1) is 24.3. The van der Waals surface area contributed by atoms with E-state index in [4.69, 9.17) is 4.52 Å². The molecule has 0 radical (unpaired) electrons. The van der Waals surface area contributed by atoms with Crippen molar-refractivity contribution in [3.8, 4) is 11.4 Å². The molecule has 2 heterocycles. The zero-order valence-electron chi connectivity index (χ0n) is 20.4. The van der Waals surface area contributed by atoms with E-state index < -0.39 is 0 Å². The number of carbonyl (C=O) groups is 1. The lowest BCUT2D eigenvalue weighted by molar-refractivity contribution is -0.121. The van der Waals surface area contributed by atoms with Crippen molar-refractivity contribution < 1.29 is 9.32 Å². The Labute approximate surface area is 216 Å². The molecule has 0 atom stereocenters. The van der Waals surface area contributed by atoms with Crippen LogP contribution >= 0.6 is 11.8 Å². The van der Waals surface area contributed by atoms with Gasteiger partial charge in [-0.15, -0.1) is 11.8 Å². The van der Waals surface area contributed by atoms with Gasteiger partial charge in [0, 0.05) is 27.8 Å². The number of hydrogen-bond donors (Lipinski definition) is 1. The monoisotopic (exact) mass is 498 g/mol. The average molecular weight is 499 g/mol. The number of amides is 1. The number of nitrogens with zero attached hydrogens (tertiary/aromatic N) is 3. The normalized spacial score (nSPS) is 14.6. The lowest BCUT2D eigenvalue weighted by atomic mass is 9.96. The summed E-state index contributed by atoms with van der Waals surface area (Å²) in [6, 6.07) is 26.6. The standard InChI is InChI=1S/C29H30N4O2S/c1-21-7-5-6-10-26(21)28-31-27(35-32-28)19-33-17-15-23(16-18-33)29(34)30-24-13-11-22(12-14-24)20-36-25-8-3-2-4-9-25/h2-14,23H,15-20H2,1H3,(H,30,34). The number of anilines is 1. The van der Waals surface area contributed by atoms with Crippen LogP contribution in [0.4, 0.5) is 5.69 Å². The Hall–Kier alpha value is -3.42. The fraction of sp³-hybridized carbons (Fsp3) is 0.276. The second kappa shape index (κ2) is 11.5. The molecular formula is C29H30N4O2S. The van der Waals surface area contributed by atoms with Crippen molar-refractivity contribution >= 4 is 23.4 Å². The summed E-state index contributed by atoms with van der Waals surface area (Å²) >= 11 is 1.81. The molecule has 0 bridgehead atoms. The van der Waals surface area contributed by atoms with Crippen LogP contribution in [0.25, 0.3) is 11.4 Å². The van der Waals surface area contributed by atoms with Gasteiger partial charge in [0.25, 0.3) is 0 Å². The number of thioether (sulfide) groups is 1. The Morgan fingerprint density at radius 2 is 1.72 bits per heavy atom. The van der Waals surface area contributed by atoms with E-state index in [2.05, 4.69) is 56.8 Å². The van der Waals surface area contributed by atoms with Crippen LogP contribution < -0.4 is 5.32 Å². The van der Waals surface area contributed by atoms with E-state index in [1.54, 1.807) is 0 Å². The number of aromatic nitrogens is 2. The SMILES string of the molecule is Cc1ccccc1-c1noc(CN2CCC(C(=O)Nc3ccc(CSc4ccccc4)cc3)CC2)n1. The third-order valence-electron chi connectivity index (χ3n) is 6.54. The Morgan fingerprint density at radius 3 is 2.47 bits per heavy atom. The first-order chi connectivity index (χ1) is 17.6. The predicted octanol–water partition coefficient (Wildman–Crippen LogP) is 6.19. The van der Waals surface area contributed by atoms with Gasteiger partial charge in [-0.25, -0.2) is 0 Å². The van der Waals surface area contributed by atoms with Crippen molar-refractivity contribution in [1.29, 1.82) is 0 Å². The first-order valence-corrected chi connectivity index (χ1v) is 13.3. The van der Waals surface area contributed by atoms with Gasteiger partial charge in [0.05, 0.1) is 6.54 Å². The third-order valence-corrected chi connectivity index (χ3v) is 7.62. The van der Waals surface area contributed by atoms with E-state index in [-0.39, 0.29) is 11.8 Å². The number of aryl methyl sites for hydroxylation is 1.